The second-order valence-corrected chi connectivity index (χ2v) is 5.89. The van der Waals surface area contributed by atoms with E-state index < -0.39 is 0 Å². The molecule has 2 aliphatic rings. The minimum atomic E-state index is 0.484. The van der Waals surface area contributed by atoms with Crippen molar-refractivity contribution in [2.24, 2.45) is 0 Å². The van der Waals surface area contributed by atoms with Gasteiger partial charge >= 0.3 is 0 Å². The third-order valence-electron chi connectivity index (χ3n) is 4.29. The molecule has 1 aromatic heterocycles. The zero-order valence-corrected chi connectivity index (χ0v) is 12.1. The van der Waals surface area contributed by atoms with E-state index in [0.29, 0.717) is 12.1 Å². The summed E-state index contributed by atoms with van der Waals surface area (Å²) in [4.78, 5) is 4.43. The molecule has 1 atom stereocenters. The van der Waals surface area contributed by atoms with Gasteiger partial charge in [0, 0.05) is 31.9 Å². The lowest BCUT2D eigenvalue weighted by molar-refractivity contribution is 0.0169. The fourth-order valence-electron chi connectivity index (χ4n) is 2.88. The maximum absolute atomic E-state index is 5.73. The highest BCUT2D eigenvalue weighted by molar-refractivity contribution is 5.46. The van der Waals surface area contributed by atoms with Crippen molar-refractivity contribution < 1.29 is 4.74 Å². The Morgan fingerprint density at radius 3 is 3.05 bits per heavy atom. The molecular weight excluding hydrogens is 250 g/mol. The molecule has 0 aliphatic carbocycles. The summed E-state index contributed by atoms with van der Waals surface area (Å²) in [7, 11) is 0. The Morgan fingerprint density at radius 1 is 1.25 bits per heavy atom. The zero-order chi connectivity index (χ0) is 13.6. The maximum atomic E-state index is 5.73. The molecule has 2 N–H and O–H groups in total. The maximum Gasteiger partial charge on any atom is 0.129 e. The van der Waals surface area contributed by atoms with Gasteiger partial charge < -0.3 is 15.4 Å². The number of pyridine rings is 1. The van der Waals surface area contributed by atoms with Crippen LogP contribution in [0.1, 0.15) is 37.7 Å². The smallest absolute Gasteiger partial charge is 0.129 e. The van der Waals surface area contributed by atoms with E-state index in [2.05, 4.69) is 21.7 Å². The summed E-state index contributed by atoms with van der Waals surface area (Å²) >= 11 is 0. The van der Waals surface area contributed by atoms with Gasteiger partial charge in [0.25, 0.3) is 0 Å². The van der Waals surface area contributed by atoms with E-state index in [1.165, 1.54) is 44.1 Å². The molecule has 1 unspecified atom stereocenters. The van der Waals surface area contributed by atoms with Gasteiger partial charge in [0.1, 0.15) is 5.82 Å². The number of nitrogens with zero attached hydrogens (tertiary/aromatic N) is 1. The summed E-state index contributed by atoms with van der Waals surface area (Å²) in [6.07, 6.45) is 9.76. The third-order valence-corrected chi connectivity index (χ3v) is 4.29. The van der Waals surface area contributed by atoms with E-state index >= 15 is 0 Å². The molecule has 1 saturated heterocycles. The molecular formula is C16H25N3O. The van der Waals surface area contributed by atoms with Gasteiger partial charge in [-0.3, -0.25) is 0 Å². The Labute approximate surface area is 121 Å². The average Bonchev–Trinajstić information content (AvgIpc) is 2.44. The molecule has 0 radical (unpaired) electrons. The highest BCUT2D eigenvalue weighted by atomic mass is 16.5. The minimum Gasteiger partial charge on any atom is -0.376 e. The second-order valence-electron chi connectivity index (χ2n) is 5.89. The van der Waals surface area contributed by atoms with Crippen molar-refractivity contribution in [3.63, 3.8) is 0 Å². The monoisotopic (exact) mass is 275 g/mol. The molecule has 0 amide bonds. The number of ether oxygens (including phenoxy) is 1. The number of hydrogen-bond donors (Lipinski definition) is 2. The van der Waals surface area contributed by atoms with Crippen LogP contribution in [0.15, 0.2) is 18.3 Å². The van der Waals surface area contributed by atoms with Gasteiger partial charge in [0.2, 0.25) is 0 Å². The Bertz CT molecular complexity index is 420. The van der Waals surface area contributed by atoms with Crippen molar-refractivity contribution in [1.29, 1.82) is 0 Å². The van der Waals surface area contributed by atoms with Crippen molar-refractivity contribution in [3.8, 4) is 0 Å². The fraction of sp³-hybridized carbons (Fsp3) is 0.688. The number of unbranched alkanes of at least 4 members (excludes halogenated alkanes) is 2. The van der Waals surface area contributed by atoms with Crippen molar-refractivity contribution in [2.75, 3.05) is 25.0 Å². The molecule has 4 heteroatoms. The van der Waals surface area contributed by atoms with E-state index in [1.54, 1.807) is 0 Å². The first kappa shape index (κ1) is 13.8. The number of anilines is 1. The molecule has 110 valence electrons. The third kappa shape index (κ3) is 3.70. The van der Waals surface area contributed by atoms with E-state index in [1.807, 2.05) is 12.3 Å². The molecule has 0 bridgehead atoms. The van der Waals surface area contributed by atoms with Crippen LogP contribution in [0.2, 0.25) is 0 Å². The highest BCUT2D eigenvalue weighted by Crippen LogP contribution is 2.24. The lowest BCUT2D eigenvalue weighted by Gasteiger charge is -2.27. The number of hydrogen-bond acceptors (Lipinski definition) is 4. The summed E-state index contributed by atoms with van der Waals surface area (Å²) in [6.45, 7) is 3.01. The van der Waals surface area contributed by atoms with Crippen LogP contribution in [-0.2, 0) is 11.2 Å². The van der Waals surface area contributed by atoms with Gasteiger partial charge in [-0.15, -0.1) is 0 Å². The van der Waals surface area contributed by atoms with Crippen molar-refractivity contribution >= 4 is 5.82 Å². The molecule has 0 spiro atoms. The van der Waals surface area contributed by atoms with E-state index in [9.17, 15) is 0 Å². The van der Waals surface area contributed by atoms with Crippen LogP contribution in [0.25, 0.3) is 0 Å². The van der Waals surface area contributed by atoms with Crippen LogP contribution in [0.4, 0.5) is 5.82 Å². The summed E-state index contributed by atoms with van der Waals surface area (Å²) in [5.74, 6) is 1.10. The number of fused-ring (bicyclic) bond motifs is 1. The lowest BCUT2D eigenvalue weighted by Crippen LogP contribution is -2.48. The van der Waals surface area contributed by atoms with Crippen LogP contribution in [0.5, 0.6) is 0 Å². The van der Waals surface area contributed by atoms with Gasteiger partial charge in [0.15, 0.2) is 0 Å². The Hall–Kier alpha value is -1.13. The predicted octanol–water partition coefficient (Wildman–Crippen LogP) is 2.36. The summed E-state index contributed by atoms with van der Waals surface area (Å²) < 4.78 is 5.73. The van der Waals surface area contributed by atoms with E-state index in [-0.39, 0.29) is 0 Å². The first-order valence-electron chi connectivity index (χ1n) is 7.94. The molecule has 0 aromatic carbocycles. The first-order valence-corrected chi connectivity index (χ1v) is 7.94. The molecule has 4 nitrogen and oxygen atoms in total. The summed E-state index contributed by atoms with van der Waals surface area (Å²) in [5.41, 5.74) is 1.37. The van der Waals surface area contributed by atoms with Crippen LogP contribution in [0, 0.1) is 0 Å². The molecule has 3 heterocycles. The molecule has 3 rings (SSSR count). The van der Waals surface area contributed by atoms with E-state index in [4.69, 9.17) is 4.74 Å². The van der Waals surface area contributed by atoms with Crippen molar-refractivity contribution in [2.45, 2.75) is 50.7 Å². The lowest BCUT2D eigenvalue weighted by atomic mass is 9.97. The van der Waals surface area contributed by atoms with Gasteiger partial charge in [0.05, 0.1) is 6.10 Å². The molecule has 2 aliphatic heterocycles. The summed E-state index contributed by atoms with van der Waals surface area (Å²) in [5, 5.41) is 6.80. The normalized spacial score (nSPS) is 21.9. The topological polar surface area (TPSA) is 46.2 Å². The van der Waals surface area contributed by atoms with E-state index in [0.717, 1.165) is 25.5 Å². The number of rotatable bonds is 7. The zero-order valence-electron chi connectivity index (χ0n) is 12.1. The van der Waals surface area contributed by atoms with Crippen LogP contribution in [0.3, 0.4) is 0 Å². The Kier molecular flexibility index (Phi) is 4.87. The summed E-state index contributed by atoms with van der Waals surface area (Å²) in [6, 6.07) is 4.81. The Morgan fingerprint density at radius 2 is 2.20 bits per heavy atom. The molecule has 1 aromatic rings. The van der Waals surface area contributed by atoms with Crippen molar-refractivity contribution in [1.82, 2.24) is 10.3 Å². The Balaban J connectivity index is 1.28. The first-order chi connectivity index (χ1) is 9.92. The van der Waals surface area contributed by atoms with Gasteiger partial charge in [-0.2, -0.15) is 0 Å². The van der Waals surface area contributed by atoms with Gasteiger partial charge in [-0.05, 0) is 37.3 Å². The number of nitrogens with one attached hydrogen (secondary N) is 2. The predicted molar refractivity (Wildman–Crippen MR) is 81.0 cm³/mol. The fourth-order valence-corrected chi connectivity index (χ4v) is 2.88. The highest BCUT2D eigenvalue weighted by Gasteiger charge is 2.18. The minimum absolute atomic E-state index is 0.484. The standard InChI is InChI=1S/C16H25N3O/c1(3-10-20-15-11-17-12-15)2-6-14-8-7-13-5-4-9-18-16(13)19-14/h4-5,9,14-15,17H,1-3,6-8,10-12H2,(H,18,19). The van der Waals surface area contributed by atoms with Gasteiger partial charge in [-0.1, -0.05) is 18.9 Å². The molecule has 1 fully saturated rings. The average molecular weight is 275 g/mol. The number of aryl methyl sites for hydroxylation is 1. The number of aromatic nitrogens is 1. The van der Waals surface area contributed by atoms with Crippen LogP contribution in [-0.4, -0.2) is 36.8 Å². The van der Waals surface area contributed by atoms with Crippen LogP contribution < -0.4 is 10.6 Å². The van der Waals surface area contributed by atoms with Crippen molar-refractivity contribution in [3.05, 3.63) is 23.9 Å². The quantitative estimate of drug-likeness (QED) is 0.750. The largest absolute Gasteiger partial charge is 0.376 e. The SMILES string of the molecule is c1cnc2c(c1)CCC(CCCCCOC1CNC1)N2. The molecule has 20 heavy (non-hydrogen) atoms. The van der Waals surface area contributed by atoms with Gasteiger partial charge in [-0.25, -0.2) is 4.98 Å². The van der Waals surface area contributed by atoms with Crippen LogP contribution >= 0.6 is 0 Å². The second kappa shape index (κ2) is 7.04. The molecule has 0 saturated carbocycles.